The van der Waals surface area contributed by atoms with Crippen molar-refractivity contribution in [1.29, 1.82) is 0 Å². The van der Waals surface area contributed by atoms with E-state index < -0.39 is 0 Å². The van der Waals surface area contributed by atoms with Gasteiger partial charge >= 0.3 is 0 Å². The van der Waals surface area contributed by atoms with Crippen LogP contribution in [0.4, 0.5) is 5.69 Å². The maximum absolute atomic E-state index is 6.04. The van der Waals surface area contributed by atoms with Gasteiger partial charge < -0.3 is 4.90 Å². The second-order valence-corrected chi connectivity index (χ2v) is 4.10. The van der Waals surface area contributed by atoms with E-state index in [1.165, 1.54) is 5.69 Å². The summed E-state index contributed by atoms with van der Waals surface area (Å²) in [4.78, 5) is 6.48. The van der Waals surface area contributed by atoms with Gasteiger partial charge in [-0.1, -0.05) is 0 Å². The number of alkyl halides is 1. The average molecular weight is 197 g/mol. The van der Waals surface area contributed by atoms with Gasteiger partial charge in [0.1, 0.15) is 0 Å². The maximum atomic E-state index is 6.04. The van der Waals surface area contributed by atoms with Crippen LogP contribution in [0.25, 0.3) is 0 Å². The lowest BCUT2D eigenvalue weighted by atomic mass is 10.3. The SMILES string of the molecule is Cc1cc(N2CCC(Cl)C2)ccn1. The van der Waals surface area contributed by atoms with E-state index in [1.54, 1.807) is 0 Å². The summed E-state index contributed by atoms with van der Waals surface area (Å²) >= 11 is 6.04. The van der Waals surface area contributed by atoms with Crippen molar-refractivity contribution in [3.05, 3.63) is 24.0 Å². The van der Waals surface area contributed by atoms with E-state index in [0.717, 1.165) is 25.2 Å². The molecule has 3 heteroatoms. The van der Waals surface area contributed by atoms with Crippen LogP contribution in [-0.4, -0.2) is 23.5 Å². The lowest BCUT2D eigenvalue weighted by Gasteiger charge is -2.17. The molecule has 0 N–H and O–H groups in total. The van der Waals surface area contributed by atoms with E-state index in [9.17, 15) is 0 Å². The van der Waals surface area contributed by atoms with Crippen molar-refractivity contribution in [3.63, 3.8) is 0 Å². The Bertz CT molecular complexity index is 301. The number of aromatic nitrogens is 1. The number of pyridine rings is 1. The number of hydrogen-bond acceptors (Lipinski definition) is 2. The van der Waals surface area contributed by atoms with Gasteiger partial charge in [-0.2, -0.15) is 0 Å². The number of nitrogens with zero attached hydrogens (tertiary/aromatic N) is 2. The fourth-order valence-electron chi connectivity index (χ4n) is 1.68. The third-order valence-corrected chi connectivity index (χ3v) is 2.73. The van der Waals surface area contributed by atoms with Gasteiger partial charge in [0.25, 0.3) is 0 Å². The first-order chi connectivity index (χ1) is 6.25. The summed E-state index contributed by atoms with van der Waals surface area (Å²) in [6.07, 6.45) is 2.94. The molecule has 2 rings (SSSR count). The molecule has 13 heavy (non-hydrogen) atoms. The van der Waals surface area contributed by atoms with Crippen molar-refractivity contribution < 1.29 is 0 Å². The minimum Gasteiger partial charge on any atom is -0.370 e. The standard InChI is InChI=1S/C10H13ClN2/c1-8-6-10(2-4-12-8)13-5-3-9(11)7-13/h2,4,6,9H,3,5,7H2,1H3. The van der Waals surface area contributed by atoms with Gasteiger partial charge in [-0.05, 0) is 25.5 Å². The summed E-state index contributed by atoms with van der Waals surface area (Å²) in [6, 6.07) is 4.15. The third-order valence-electron chi connectivity index (χ3n) is 2.38. The average Bonchev–Trinajstić information content (AvgIpc) is 2.52. The molecule has 0 aromatic carbocycles. The minimum absolute atomic E-state index is 0.313. The molecule has 0 bridgehead atoms. The van der Waals surface area contributed by atoms with Crippen LogP contribution in [-0.2, 0) is 0 Å². The van der Waals surface area contributed by atoms with Crippen molar-refractivity contribution in [3.8, 4) is 0 Å². The van der Waals surface area contributed by atoms with Gasteiger partial charge in [0.2, 0.25) is 0 Å². The number of anilines is 1. The van der Waals surface area contributed by atoms with Crippen molar-refractivity contribution in [2.24, 2.45) is 0 Å². The zero-order chi connectivity index (χ0) is 9.26. The number of halogens is 1. The van der Waals surface area contributed by atoms with E-state index in [-0.39, 0.29) is 0 Å². The largest absolute Gasteiger partial charge is 0.370 e. The zero-order valence-corrected chi connectivity index (χ0v) is 8.46. The molecule has 2 nitrogen and oxygen atoms in total. The summed E-state index contributed by atoms with van der Waals surface area (Å²) in [7, 11) is 0. The van der Waals surface area contributed by atoms with Crippen LogP contribution in [0.5, 0.6) is 0 Å². The zero-order valence-electron chi connectivity index (χ0n) is 7.70. The Hall–Kier alpha value is -0.760. The molecule has 1 aromatic heterocycles. The monoisotopic (exact) mass is 196 g/mol. The molecule has 0 aliphatic carbocycles. The molecule has 1 saturated heterocycles. The van der Waals surface area contributed by atoms with E-state index in [4.69, 9.17) is 11.6 Å². The second-order valence-electron chi connectivity index (χ2n) is 3.49. The van der Waals surface area contributed by atoms with Gasteiger partial charge in [0.05, 0.1) is 5.38 Å². The fourth-order valence-corrected chi connectivity index (χ4v) is 1.94. The first kappa shape index (κ1) is 8.82. The molecule has 1 aliphatic heterocycles. The molecule has 1 aliphatic rings. The first-order valence-corrected chi connectivity index (χ1v) is 5.01. The van der Waals surface area contributed by atoms with Crippen molar-refractivity contribution in [2.45, 2.75) is 18.7 Å². The molecule has 0 amide bonds. The minimum atomic E-state index is 0.313. The van der Waals surface area contributed by atoms with E-state index in [2.05, 4.69) is 16.0 Å². The van der Waals surface area contributed by atoms with Gasteiger partial charge in [-0.3, -0.25) is 4.98 Å². The Kier molecular flexibility index (Phi) is 2.40. The second kappa shape index (κ2) is 3.54. The summed E-state index contributed by atoms with van der Waals surface area (Å²) in [5.41, 5.74) is 2.31. The summed E-state index contributed by atoms with van der Waals surface area (Å²) in [6.45, 7) is 4.04. The topological polar surface area (TPSA) is 16.1 Å². The van der Waals surface area contributed by atoms with E-state index in [0.29, 0.717) is 5.38 Å². The smallest absolute Gasteiger partial charge is 0.0528 e. The maximum Gasteiger partial charge on any atom is 0.0528 e. The van der Waals surface area contributed by atoms with E-state index in [1.807, 2.05) is 19.2 Å². The predicted octanol–water partition coefficient (Wildman–Crippen LogP) is 2.21. The third kappa shape index (κ3) is 1.94. The van der Waals surface area contributed by atoms with Crippen LogP contribution >= 0.6 is 11.6 Å². The van der Waals surface area contributed by atoms with Crippen molar-refractivity contribution >= 4 is 17.3 Å². The molecule has 0 spiro atoms. The molecule has 1 fully saturated rings. The van der Waals surface area contributed by atoms with Crippen LogP contribution in [0.1, 0.15) is 12.1 Å². The van der Waals surface area contributed by atoms with Crippen LogP contribution < -0.4 is 4.90 Å². The Balaban J connectivity index is 2.16. The Morgan fingerprint density at radius 3 is 3.08 bits per heavy atom. The first-order valence-electron chi connectivity index (χ1n) is 4.57. The molecule has 70 valence electrons. The highest BCUT2D eigenvalue weighted by Crippen LogP contribution is 2.22. The molecule has 1 unspecified atom stereocenters. The molecular formula is C10H13ClN2. The Morgan fingerprint density at radius 2 is 2.46 bits per heavy atom. The van der Waals surface area contributed by atoms with Gasteiger partial charge in [-0.15, -0.1) is 11.6 Å². The lowest BCUT2D eigenvalue weighted by Crippen LogP contribution is -2.19. The predicted molar refractivity (Wildman–Crippen MR) is 55.4 cm³/mol. The fraction of sp³-hybridized carbons (Fsp3) is 0.500. The highest BCUT2D eigenvalue weighted by molar-refractivity contribution is 6.21. The Labute approximate surface area is 83.5 Å². The normalized spacial score (nSPS) is 22.3. The Morgan fingerprint density at radius 1 is 1.62 bits per heavy atom. The van der Waals surface area contributed by atoms with E-state index >= 15 is 0 Å². The summed E-state index contributed by atoms with van der Waals surface area (Å²) in [5.74, 6) is 0. The molecule has 0 saturated carbocycles. The summed E-state index contributed by atoms with van der Waals surface area (Å²) in [5, 5.41) is 0.313. The van der Waals surface area contributed by atoms with Crippen LogP contribution in [0, 0.1) is 6.92 Å². The summed E-state index contributed by atoms with van der Waals surface area (Å²) < 4.78 is 0. The molecule has 1 aromatic rings. The number of rotatable bonds is 1. The molecule has 2 heterocycles. The van der Waals surface area contributed by atoms with Gasteiger partial charge in [-0.25, -0.2) is 0 Å². The van der Waals surface area contributed by atoms with Gasteiger partial charge in [0.15, 0.2) is 0 Å². The highest BCUT2D eigenvalue weighted by Gasteiger charge is 2.20. The van der Waals surface area contributed by atoms with Crippen molar-refractivity contribution in [1.82, 2.24) is 4.98 Å². The quantitative estimate of drug-likeness (QED) is 0.641. The number of aryl methyl sites for hydroxylation is 1. The van der Waals surface area contributed by atoms with Crippen LogP contribution in [0.15, 0.2) is 18.3 Å². The van der Waals surface area contributed by atoms with Gasteiger partial charge in [0, 0.05) is 30.7 Å². The number of hydrogen-bond donors (Lipinski definition) is 0. The molecule has 1 atom stereocenters. The van der Waals surface area contributed by atoms with Crippen LogP contribution in [0.2, 0.25) is 0 Å². The van der Waals surface area contributed by atoms with Crippen LogP contribution in [0.3, 0.4) is 0 Å². The molecule has 0 radical (unpaired) electrons. The highest BCUT2D eigenvalue weighted by atomic mass is 35.5. The molecular weight excluding hydrogens is 184 g/mol. The lowest BCUT2D eigenvalue weighted by molar-refractivity contribution is 0.957. The van der Waals surface area contributed by atoms with Crippen molar-refractivity contribution in [2.75, 3.05) is 18.0 Å².